The number of hydrogen-bond acceptors (Lipinski definition) is 5. The monoisotopic (exact) mass is 373 g/mol. The molecule has 2 heterocycles. The van der Waals surface area contributed by atoms with E-state index in [4.69, 9.17) is 4.74 Å². The predicted molar refractivity (Wildman–Crippen MR) is 100 cm³/mol. The third-order valence-electron chi connectivity index (χ3n) is 4.59. The van der Waals surface area contributed by atoms with Gasteiger partial charge in [0, 0.05) is 24.5 Å². The van der Waals surface area contributed by atoms with Crippen molar-refractivity contribution in [1.82, 2.24) is 15.2 Å². The van der Waals surface area contributed by atoms with E-state index in [0.29, 0.717) is 37.9 Å². The van der Waals surface area contributed by atoms with Gasteiger partial charge < -0.3 is 15.0 Å². The van der Waals surface area contributed by atoms with Gasteiger partial charge in [0.15, 0.2) is 0 Å². The molecule has 7 heteroatoms. The maximum atomic E-state index is 12.2. The fraction of sp³-hybridized carbons (Fsp3) is 0.421. The smallest absolute Gasteiger partial charge is 0.410 e. The lowest BCUT2D eigenvalue weighted by atomic mass is 9.97. The molecule has 138 valence electrons. The summed E-state index contributed by atoms with van der Waals surface area (Å²) in [6.45, 7) is 4.12. The van der Waals surface area contributed by atoms with Crippen LogP contribution in [0.1, 0.15) is 33.8 Å². The Kier molecular flexibility index (Phi) is 6.22. The average molecular weight is 373 g/mol. The van der Waals surface area contributed by atoms with Crippen LogP contribution in [0, 0.1) is 12.8 Å². The van der Waals surface area contributed by atoms with Crippen LogP contribution in [0.4, 0.5) is 4.79 Å². The number of aromatic nitrogens is 1. The van der Waals surface area contributed by atoms with Gasteiger partial charge in [-0.05, 0) is 31.2 Å². The van der Waals surface area contributed by atoms with Gasteiger partial charge in [-0.25, -0.2) is 9.78 Å². The summed E-state index contributed by atoms with van der Waals surface area (Å²) in [5.41, 5.74) is 3.18. The van der Waals surface area contributed by atoms with Gasteiger partial charge in [-0.1, -0.05) is 30.3 Å². The first-order valence-electron chi connectivity index (χ1n) is 8.77. The van der Waals surface area contributed by atoms with Crippen LogP contribution in [0.5, 0.6) is 0 Å². The summed E-state index contributed by atoms with van der Waals surface area (Å²) in [7, 11) is 0. The van der Waals surface area contributed by atoms with Gasteiger partial charge in [-0.15, -0.1) is 11.3 Å². The first-order valence-corrected chi connectivity index (χ1v) is 9.65. The Balaban J connectivity index is 1.38. The van der Waals surface area contributed by atoms with E-state index in [1.807, 2.05) is 37.3 Å². The number of benzene rings is 1. The number of nitrogens with one attached hydrogen (secondary N) is 1. The molecule has 0 aliphatic carbocycles. The lowest BCUT2D eigenvalue weighted by Crippen LogP contribution is -2.41. The van der Waals surface area contributed by atoms with E-state index in [1.54, 1.807) is 10.4 Å². The van der Waals surface area contributed by atoms with Crippen molar-refractivity contribution >= 4 is 23.3 Å². The van der Waals surface area contributed by atoms with Gasteiger partial charge in [-0.2, -0.15) is 0 Å². The van der Waals surface area contributed by atoms with Crippen LogP contribution in [0.25, 0.3) is 0 Å². The normalized spacial score (nSPS) is 14.9. The third-order valence-corrected chi connectivity index (χ3v) is 5.35. The highest BCUT2D eigenvalue weighted by Crippen LogP contribution is 2.18. The maximum Gasteiger partial charge on any atom is 0.410 e. The van der Waals surface area contributed by atoms with Crippen LogP contribution in [0.15, 0.2) is 35.8 Å². The fourth-order valence-electron chi connectivity index (χ4n) is 2.97. The van der Waals surface area contributed by atoms with E-state index < -0.39 is 0 Å². The highest BCUT2D eigenvalue weighted by Gasteiger charge is 2.24. The Labute approximate surface area is 157 Å². The lowest BCUT2D eigenvalue weighted by molar-refractivity contribution is 0.0800. The van der Waals surface area contributed by atoms with Crippen molar-refractivity contribution in [2.24, 2.45) is 5.92 Å². The number of hydrogen-bond donors (Lipinski definition) is 1. The van der Waals surface area contributed by atoms with Crippen LogP contribution in [0.3, 0.4) is 0 Å². The summed E-state index contributed by atoms with van der Waals surface area (Å²) in [4.78, 5) is 31.0. The molecule has 0 saturated carbocycles. The molecule has 0 radical (unpaired) electrons. The number of nitrogens with zero attached hydrogens (tertiary/aromatic N) is 2. The maximum absolute atomic E-state index is 12.2. The van der Waals surface area contributed by atoms with Crippen molar-refractivity contribution in [3.8, 4) is 0 Å². The number of likely N-dealkylation sites (tertiary alicyclic amines) is 1. The van der Waals surface area contributed by atoms with Gasteiger partial charge in [0.25, 0.3) is 5.91 Å². The molecular formula is C19H23N3O3S. The molecule has 0 spiro atoms. The highest BCUT2D eigenvalue weighted by molar-refractivity contribution is 7.09. The number of carbonyl (C=O) groups excluding carboxylic acids is 2. The van der Waals surface area contributed by atoms with E-state index in [9.17, 15) is 9.59 Å². The Morgan fingerprint density at radius 1 is 1.27 bits per heavy atom. The fourth-order valence-corrected chi connectivity index (χ4v) is 3.55. The summed E-state index contributed by atoms with van der Waals surface area (Å²) >= 11 is 1.47. The Morgan fingerprint density at radius 3 is 2.65 bits per heavy atom. The van der Waals surface area contributed by atoms with Crippen molar-refractivity contribution in [3.05, 3.63) is 52.0 Å². The average Bonchev–Trinajstić information content (AvgIpc) is 3.11. The summed E-state index contributed by atoms with van der Waals surface area (Å²) in [5, 5.41) is 2.96. The molecule has 0 bridgehead atoms. The molecule has 1 aliphatic rings. The van der Waals surface area contributed by atoms with Gasteiger partial charge in [0.1, 0.15) is 12.3 Å². The van der Waals surface area contributed by atoms with Crippen molar-refractivity contribution < 1.29 is 14.3 Å². The molecule has 1 aliphatic heterocycles. The van der Waals surface area contributed by atoms with Crippen molar-refractivity contribution in [2.75, 3.05) is 19.6 Å². The zero-order chi connectivity index (χ0) is 18.4. The van der Waals surface area contributed by atoms with Crippen LogP contribution >= 0.6 is 11.3 Å². The topological polar surface area (TPSA) is 71.5 Å². The first kappa shape index (κ1) is 18.4. The van der Waals surface area contributed by atoms with Gasteiger partial charge in [0.2, 0.25) is 0 Å². The Bertz CT molecular complexity index is 739. The number of piperidine rings is 1. The van der Waals surface area contributed by atoms with Crippen molar-refractivity contribution in [2.45, 2.75) is 26.4 Å². The molecule has 1 fully saturated rings. The van der Waals surface area contributed by atoms with E-state index in [0.717, 1.165) is 23.3 Å². The molecule has 1 aromatic carbocycles. The van der Waals surface area contributed by atoms with Crippen molar-refractivity contribution in [3.63, 3.8) is 0 Å². The number of amides is 2. The second-order valence-electron chi connectivity index (χ2n) is 6.44. The Hall–Kier alpha value is -2.41. The number of rotatable bonds is 5. The largest absolute Gasteiger partial charge is 0.445 e. The molecule has 26 heavy (non-hydrogen) atoms. The summed E-state index contributed by atoms with van der Waals surface area (Å²) < 4.78 is 5.37. The molecular weight excluding hydrogens is 350 g/mol. The Morgan fingerprint density at radius 2 is 2.00 bits per heavy atom. The van der Waals surface area contributed by atoms with E-state index in [1.165, 1.54) is 11.3 Å². The minimum atomic E-state index is -0.269. The van der Waals surface area contributed by atoms with E-state index in [2.05, 4.69) is 10.3 Å². The highest BCUT2D eigenvalue weighted by atomic mass is 32.1. The van der Waals surface area contributed by atoms with Gasteiger partial charge in [-0.3, -0.25) is 4.79 Å². The standard InChI is InChI=1S/C19H23N3O3S/c1-14-17(21-13-26-14)18(23)20-11-15-7-9-22(10-8-15)19(24)25-12-16-5-3-2-4-6-16/h2-6,13,15H,7-12H2,1H3,(H,20,23). The minimum Gasteiger partial charge on any atom is -0.445 e. The minimum absolute atomic E-state index is 0.117. The molecule has 3 rings (SSSR count). The summed E-state index contributed by atoms with van der Waals surface area (Å²) in [5.74, 6) is 0.254. The van der Waals surface area contributed by atoms with Crippen molar-refractivity contribution in [1.29, 1.82) is 0 Å². The second-order valence-corrected chi connectivity index (χ2v) is 7.50. The molecule has 1 aromatic heterocycles. The third kappa shape index (κ3) is 4.82. The quantitative estimate of drug-likeness (QED) is 0.873. The van der Waals surface area contributed by atoms with Gasteiger partial charge in [0.05, 0.1) is 5.51 Å². The predicted octanol–water partition coefficient (Wildman–Crippen LogP) is 3.23. The van der Waals surface area contributed by atoms with Gasteiger partial charge >= 0.3 is 6.09 Å². The van der Waals surface area contributed by atoms with Crippen LogP contribution in [-0.2, 0) is 11.3 Å². The molecule has 0 unspecified atom stereocenters. The first-order chi connectivity index (χ1) is 12.6. The number of ether oxygens (including phenoxy) is 1. The molecule has 6 nitrogen and oxygen atoms in total. The summed E-state index contributed by atoms with van der Waals surface area (Å²) in [6, 6.07) is 9.66. The molecule has 1 N–H and O–H groups in total. The summed E-state index contributed by atoms with van der Waals surface area (Å²) in [6.07, 6.45) is 1.45. The van der Waals surface area contributed by atoms with Crippen LogP contribution in [-0.4, -0.2) is 41.5 Å². The SMILES string of the molecule is Cc1scnc1C(=O)NCC1CCN(C(=O)OCc2ccccc2)CC1. The van der Waals surface area contributed by atoms with Crippen LogP contribution in [0.2, 0.25) is 0 Å². The number of aryl methyl sites for hydroxylation is 1. The molecule has 1 saturated heterocycles. The number of thiazole rings is 1. The zero-order valence-corrected chi connectivity index (χ0v) is 15.6. The van der Waals surface area contributed by atoms with E-state index >= 15 is 0 Å². The molecule has 2 aromatic rings. The second kappa shape index (κ2) is 8.80. The van der Waals surface area contributed by atoms with E-state index in [-0.39, 0.29) is 12.0 Å². The molecule has 0 atom stereocenters. The lowest BCUT2D eigenvalue weighted by Gasteiger charge is -2.31. The molecule has 2 amide bonds. The number of carbonyl (C=O) groups is 2. The zero-order valence-electron chi connectivity index (χ0n) is 14.8. The van der Waals surface area contributed by atoms with Crippen LogP contribution < -0.4 is 5.32 Å².